The number of rotatable bonds is 7. The zero-order valence-electron chi connectivity index (χ0n) is 20.4. The molecule has 0 radical (unpaired) electrons. The minimum Gasteiger partial charge on any atom is -0.379 e. The Balaban J connectivity index is 1.69. The number of amides is 2. The average molecular weight is 438 g/mol. The lowest BCUT2D eigenvalue weighted by molar-refractivity contribution is 0.0349. The van der Waals surface area contributed by atoms with Crippen LogP contribution in [0.15, 0.2) is 48.5 Å². The van der Waals surface area contributed by atoms with E-state index in [1.54, 1.807) is 0 Å². The van der Waals surface area contributed by atoms with Gasteiger partial charge < -0.3 is 15.0 Å². The average Bonchev–Trinajstić information content (AvgIpc) is 2.77. The summed E-state index contributed by atoms with van der Waals surface area (Å²) in [7, 11) is 0. The highest BCUT2D eigenvalue weighted by Crippen LogP contribution is 2.23. The molecule has 5 heteroatoms. The van der Waals surface area contributed by atoms with E-state index in [9.17, 15) is 4.79 Å². The summed E-state index contributed by atoms with van der Waals surface area (Å²) in [5.41, 5.74) is 4.67. The van der Waals surface area contributed by atoms with E-state index in [-0.39, 0.29) is 11.4 Å². The summed E-state index contributed by atoms with van der Waals surface area (Å²) in [6, 6.07) is 16.7. The molecule has 3 rings (SSSR count). The molecule has 0 unspecified atom stereocenters. The molecule has 0 aliphatic carbocycles. The second kappa shape index (κ2) is 11.0. The second-order valence-corrected chi connectivity index (χ2v) is 10.0. The van der Waals surface area contributed by atoms with Crippen LogP contribution in [-0.2, 0) is 16.7 Å². The van der Waals surface area contributed by atoms with Crippen molar-refractivity contribution < 1.29 is 9.53 Å². The molecular weight excluding hydrogens is 398 g/mol. The molecule has 0 spiro atoms. The Morgan fingerprint density at radius 1 is 1.03 bits per heavy atom. The first-order valence-corrected chi connectivity index (χ1v) is 11.8. The number of nitrogens with one attached hydrogen (secondary N) is 1. The number of morpholine rings is 1. The molecule has 1 aliphatic rings. The van der Waals surface area contributed by atoms with Crippen LogP contribution in [0.2, 0.25) is 0 Å². The lowest BCUT2D eigenvalue weighted by Crippen LogP contribution is -2.44. The van der Waals surface area contributed by atoms with Crippen molar-refractivity contribution in [3.05, 3.63) is 65.2 Å². The number of nitrogens with zero attached hydrogens (tertiary/aromatic N) is 2. The van der Waals surface area contributed by atoms with Gasteiger partial charge in [0.2, 0.25) is 0 Å². The number of urea groups is 1. The molecule has 0 saturated carbocycles. The zero-order chi connectivity index (χ0) is 23.1. The van der Waals surface area contributed by atoms with Crippen molar-refractivity contribution >= 4 is 11.7 Å². The molecule has 1 aliphatic heterocycles. The highest BCUT2D eigenvalue weighted by Gasteiger charge is 2.18. The van der Waals surface area contributed by atoms with Crippen LogP contribution in [-0.4, -0.2) is 55.2 Å². The third-order valence-corrected chi connectivity index (χ3v) is 6.10. The molecule has 0 bridgehead atoms. The van der Waals surface area contributed by atoms with Crippen molar-refractivity contribution in [3.8, 4) is 0 Å². The topological polar surface area (TPSA) is 44.8 Å². The number of carbonyl (C=O) groups is 1. The van der Waals surface area contributed by atoms with Gasteiger partial charge in [0.25, 0.3) is 0 Å². The predicted molar refractivity (Wildman–Crippen MR) is 132 cm³/mol. The summed E-state index contributed by atoms with van der Waals surface area (Å²) in [6.07, 6.45) is 0. The molecule has 5 nitrogen and oxygen atoms in total. The maximum absolute atomic E-state index is 13.2. The van der Waals surface area contributed by atoms with E-state index in [4.69, 9.17) is 4.74 Å². The lowest BCUT2D eigenvalue weighted by atomic mass is 9.87. The van der Waals surface area contributed by atoms with Crippen molar-refractivity contribution in [2.24, 2.45) is 0 Å². The summed E-state index contributed by atoms with van der Waals surface area (Å²) in [5, 5.41) is 3.10. The van der Waals surface area contributed by atoms with Gasteiger partial charge in [-0.1, -0.05) is 71.0 Å². The zero-order valence-corrected chi connectivity index (χ0v) is 20.4. The van der Waals surface area contributed by atoms with Gasteiger partial charge in [-0.15, -0.1) is 0 Å². The van der Waals surface area contributed by atoms with E-state index in [1.165, 1.54) is 11.1 Å². The van der Waals surface area contributed by atoms with Gasteiger partial charge in [0.05, 0.1) is 13.2 Å². The van der Waals surface area contributed by atoms with Gasteiger partial charge in [0.1, 0.15) is 0 Å². The van der Waals surface area contributed by atoms with Crippen LogP contribution in [0.25, 0.3) is 0 Å². The van der Waals surface area contributed by atoms with E-state index < -0.39 is 0 Å². The minimum atomic E-state index is -0.0598. The molecule has 1 heterocycles. The summed E-state index contributed by atoms with van der Waals surface area (Å²) in [5.74, 6) is 0.473. The highest BCUT2D eigenvalue weighted by atomic mass is 16.5. The molecule has 2 amide bonds. The molecule has 2 aromatic rings. The standard InChI is InChI=1S/C27H39N3O2/c1-21(2)23-8-12-25(13-9-23)28-26(31)30(15-14-29-16-18-32-19-17-29)20-22-6-10-24(11-7-22)27(3,4)5/h6-13,21H,14-20H2,1-5H3,(H,28,31). The number of carbonyl (C=O) groups excluding carboxylic acids is 1. The van der Waals surface area contributed by atoms with Crippen molar-refractivity contribution in [3.63, 3.8) is 0 Å². The Kier molecular flexibility index (Phi) is 8.32. The smallest absolute Gasteiger partial charge is 0.322 e. The number of hydrogen-bond donors (Lipinski definition) is 1. The van der Waals surface area contributed by atoms with E-state index in [0.717, 1.165) is 44.1 Å². The first-order chi connectivity index (χ1) is 15.2. The van der Waals surface area contributed by atoms with Crippen molar-refractivity contribution in [1.82, 2.24) is 9.80 Å². The second-order valence-electron chi connectivity index (χ2n) is 10.0. The maximum Gasteiger partial charge on any atom is 0.322 e. The third kappa shape index (κ3) is 7.07. The van der Waals surface area contributed by atoms with E-state index in [0.29, 0.717) is 19.0 Å². The first-order valence-electron chi connectivity index (χ1n) is 11.8. The summed E-state index contributed by atoms with van der Waals surface area (Å²) in [4.78, 5) is 17.5. The fourth-order valence-corrected chi connectivity index (χ4v) is 3.82. The number of hydrogen-bond acceptors (Lipinski definition) is 3. The largest absolute Gasteiger partial charge is 0.379 e. The van der Waals surface area contributed by atoms with E-state index in [1.807, 2.05) is 17.0 Å². The first kappa shape index (κ1) is 24.3. The fraction of sp³-hybridized carbons (Fsp3) is 0.519. The van der Waals surface area contributed by atoms with Crippen LogP contribution in [0, 0.1) is 0 Å². The van der Waals surface area contributed by atoms with Gasteiger partial charge in [0.15, 0.2) is 0 Å². The molecule has 0 aromatic heterocycles. The normalized spacial score (nSPS) is 15.1. The quantitative estimate of drug-likeness (QED) is 0.624. The summed E-state index contributed by atoms with van der Waals surface area (Å²) < 4.78 is 5.46. The van der Waals surface area contributed by atoms with Gasteiger partial charge in [-0.2, -0.15) is 0 Å². The van der Waals surface area contributed by atoms with Crippen LogP contribution in [0.3, 0.4) is 0 Å². The lowest BCUT2D eigenvalue weighted by Gasteiger charge is -2.30. The van der Waals surface area contributed by atoms with Crippen LogP contribution in [0.4, 0.5) is 10.5 Å². The summed E-state index contributed by atoms with van der Waals surface area (Å²) in [6.45, 7) is 16.5. The van der Waals surface area contributed by atoms with E-state index >= 15 is 0 Å². The Labute approximate surface area is 193 Å². The van der Waals surface area contributed by atoms with Gasteiger partial charge in [-0.3, -0.25) is 4.90 Å². The van der Waals surface area contributed by atoms with Crippen molar-refractivity contribution in [2.45, 2.75) is 52.5 Å². The minimum absolute atomic E-state index is 0.0598. The van der Waals surface area contributed by atoms with Crippen LogP contribution in [0.5, 0.6) is 0 Å². The van der Waals surface area contributed by atoms with Gasteiger partial charge in [-0.25, -0.2) is 4.79 Å². The highest BCUT2D eigenvalue weighted by molar-refractivity contribution is 5.89. The number of ether oxygens (including phenoxy) is 1. The molecule has 2 aromatic carbocycles. The number of benzene rings is 2. The Hall–Kier alpha value is -2.37. The third-order valence-electron chi connectivity index (χ3n) is 6.10. The molecular formula is C27H39N3O2. The van der Waals surface area contributed by atoms with Crippen LogP contribution < -0.4 is 5.32 Å². The fourth-order valence-electron chi connectivity index (χ4n) is 3.82. The van der Waals surface area contributed by atoms with Gasteiger partial charge in [0, 0.05) is 38.4 Å². The van der Waals surface area contributed by atoms with Crippen LogP contribution in [0.1, 0.15) is 57.2 Å². The van der Waals surface area contributed by atoms with Crippen molar-refractivity contribution in [1.29, 1.82) is 0 Å². The van der Waals surface area contributed by atoms with Crippen LogP contribution >= 0.6 is 0 Å². The monoisotopic (exact) mass is 437 g/mol. The Morgan fingerprint density at radius 3 is 2.22 bits per heavy atom. The molecule has 1 fully saturated rings. The SMILES string of the molecule is CC(C)c1ccc(NC(=O)N(CCN2CCOCC2)Cc2ccc(C(C)(C)C)cc2)cc1. The molecule has 32 heavy (non-hydrogen) atoms. The van der Waals surface area contributed by atoms with E-state index in [2.05, 4.69) is 81.2 Å². The molecule has 1 N–H and O–H groups in total. The predicted octanol–water partition coefficient (Wildman–Crippen LogP) is 5.47. The van der Waals surface area contributed by atoms with Gasteiger partial charge in [-0.05, 0) is 40.2 Å². The summed E-state index contributed by atoms with van der Waals surface area (Å²) >= 11 is 0. The Bertz CT molecular complexity index is 848. The molecule has 1 saturated heterocycles. The molecule has 174 valence electrons. The maximum atomic E-state index is 13.2. The molecule has 0 atom stereocenters. The van der Waals surface area contributed by atoms with Gasteiger partial charge >= 0.3 is 6.03 Å². The number of anilines is 1. The van der Waals surface area contributed by atoms with Crippen molar-refractivity contribution in [2.75, 3.05) is 44.7 Å². The Morgan fingerprint density at radius 2 is 1.66 bits per heavy atom.